The van der Waals surface area contributed by atoms with E-state index in [0.717, 1.165) is 40.7 Å². The Morgan fingerprint density at radius 1 is 1.42 bits per heavy atom. The summed E-state index contributed by atoms with van der Waals surface area (Å²) in [5.41, 5.74) is 7.80. The van der Waals surface area contributed by atoms with Crippen LogP contribution in [0.15, 0.2) is 5.38 Å². The third-order valence-corrected chi connectivity index (χ3v) is 5.04. The fourth-order valence-electron chi connectivity index (χ4n) is 2.23. The van der Waals surface area contributed by atoms with Crippen molar-refractivity contribution >= 4 is 27.8 Å². The van der Waals surface area contributed by atoms with Gasteiger partial charge in [-0.25, -0.2) is 9.97 Å². The van der Waals surface area contributed by atoms with E-state index >= 15 is 0 Å². The summed E-state index contributed by atoms with van der Waals surface area (Å²) < 4.78 is 5.73. The van der Waals surface area contributed by atoms with Gasteiger partial charge in [0.2, 0.25) is 0 Å². The van der Waals surface area contributed by atoms with E-state index in [1.807, 2.05) is 5.38 Å². The van der Waals surface area contributed by atoms with Crippen molar-refractivity contribution in [3.05, 3.63) is 16.1 Å². The van der Waals surface area contributed by atoms with Crippen molar-refractivity contribution in [2.24, 2.45) is 0 Å². The second-order valence-corrected chi connectivity index (χ2v) is 6.91. The zero-order valence-electron chi connectivity index (χ0n) is 11.0. The first-order valence-electron chi connectivity index (χ1n) is 6.48. The average Bonchev–Trinajstić information content (AvgIpc) is 3.07. The molecule has 1 saturated heterocycles. The minimum absolute atomic E-state index is 0.173. The summed E-state index contributed by atoms with van der Waals surface area (Å²) in [7, 11) is 0. The lowest BCUT2D eigenvalue weighted by Crippen LogP contribution is -1.96. The van der Waals surface area contributed by atoms with E-state index in [2.05, 4.69) is 18.8 Å². The number of nitrogen functional groups attached to an aromatic ring is 1. The number of thiazole rings is 2. The highest BCUT2D eigenvalue weighted by molar-refractivity contribution is 7.16. The number of aromatic nitrogens is 2. The highest BCUT2D eigenvalue weighted by Gasteiger charge is 2.25. The van der Waals surface area contributed by atoms with Gasteiger partial charge in [0, 0.05) is 12.0 Å². The van der Waals surface area contributed by atoms with Crippen molar-refractivity contribution in [1.29, 1.82) is 0 Å². The fraction of sp³-hybridized carbons (Fsp3) is 0.538. The maximum absolute atomic E-state index is 5.74. The molecular weight excluding hydrogens is 278 g/mol. The Morgan fingerprint density at radius 2 is 2.26 bits per heavy atom. The molecule has 0 spiro atoms. The third-order valence-electron chi connectivity index (χ3n) is 3.18. The molecule has 2 aromatic heterocycles. The molecular formula is C13H17N3OS2. The molecule has 1 aliphatic rings. The molecule has 6 heteroatoms. The molecule has 0 saturated carbocycles. The van der Waals surface area contributed by atoms with E-state index in [0.29, 0.717) is 11.0 Å². The molecule has 1 fully saturated rings. The van der Waals surface area contributed by atoms with Gasteiger partial charge in [-0.1, -0.05) is 13.8 Å². The minimum Gasteiger partial charge on any atom is -0.375 e. The van der Waals surface area contributed by atoms with Crippen LogP contribution < -0.4 is 5.73 Å². The van der Waals surface area contributed by atoms with Gasteiger partial charge in [-0.2, -0.15) is 0 Å². The summed E-state index contributed by atoms with van der Waals surface area (Å²) in [6.07, 6.45) is 2.37. The van der Waals surface area contributed by atoms with Crippen molar-refractivity contribution in [2.75, 3.05) is 12.3 Å². The maximum atomic E-state index is 5.74. The van der Waals surface area contributed by atoms with Crippen LogP contribution in [0.2, 0.25) is 0 Å². The van der Waals surface area contributed by atoms with Crippen LogP contribution in [0.1, 0.15) is 49.4 Å². The Kier molecular flexibility index (Phi) is 3.56. The van der Waals surface area contributed by atoms with Crippen LogP contribution in [0.4, 0.5) is 5.13 Å². The lowest BCUT2D eigenvalue weighted by atomic mass is 10.1. The zero-order valence-corrected chi connectivity index (χ0v) is 12.7. The molecule has 0 radical (unpaired) electrons. The van der Waals surface area contributed by atoms with Crippen molar-refractivity contribution in [2.45, 2.75) is 38.7 Å². The quantitative estimate of drug-likeness (QED) is 0.935. The van der Waals surface area contributed by atoms with Gasteiger partial charge in [-0.05, 0) is 18.8 Å². The van der Waals surface area contributed by atoms with Gasteiger partial charge in [0.05, 0.1) is 16.3 Å². The number of hydrogen-bond acceptors (Lipinski definition) is 6. The average molecular weight is 295 g/mol. The number of ether oxygens (including phenoxy) is 1. The van der Waals surface area contributed by atoms with Gasteiger partial charge in [0.1, 0.15) is 11.1 Å². The third kappa shape index (κ3) is 2.52. The van der Waals surface area contributed by atoms with Gasteiger partial charge in [0.15, 0.2) is 5.13 Å². The van der Waals surface area contributed by atoms with Gasteiger partial charge in [-0.3, -0.25) is 0 Å². The van der Waals surface area contributed by atoms with E-state index in [1.165, 1.54) is 11.3 Å². The van der Waals surface area contributed by atoms with Crippen LogP contribution in [0.25, 0.3) is 10.6 Å². The highest BCUT2D eigenvalue weighted by atomic mass is 32.1. The lowest BCUT2D eigenvalue weighted by Gasteiger charge is -2.04. The first kappa shape index (κ1) is 13.0. The van der Waals surface area contributed by atoms with Gasteiger partial charge in [0.25, 0.3) is 0 Å². The van der Waals surface area contributed by atoms with Crippen LogP contribution in [0.3, 0.4) is 0 Å². The summed E-state index contributed by atoms with van der Waals surface area (Å²) in [5, 5.41) is 3.70. The molecule has 2 aromatic rings. The number of rotatable bonds is 3. The topological polar surface area (TPSA) is 61.0 Å². The second kappa shape index (κ2) is 5.19. The largest absolute Gasteiger partial charge is 0.375 e. The molecule has 3 rings (SSSR count). The Balaban J connectivity index is 2.01. The summed E-state index contributed by atoms with van der Waals surface area (Å²) in [5.74, 6) is 0.379. The van der Waals surface area contributed by atoms with Gasteiger partial charge in [-0.15, -0.1) is 22.7 Å². The molecule has 0 amide bonds. The Morgan fingerprint density at radius 3 is 2.84 bits per heavy atom. The molecule has 3 heterocycles. The molecule has 1 aliphatic heterocycles. The summed E-state index contributed by atoms with van der Waals surface area (Å²) in [6.45, 7) is 5.17. The standard InChI is InChI=1S/C13H17N3OS2/c1-7(2)10-11(8-6-18-13(14)15-8)19-12(16-10)9-4-3-5-17-9/h6-7,9H,3-5H2,1-2H3,(H2,14,15). The minimum atomic E-state index is 0.173. The van der Waals surface area contributed by atoms with Crippen molar-refractivity contribution in [1.82, 2.24) is 9.97 Å². The van der Waals surface area contributed by atoms with Crippen LogP contribution >= 0.6 is 22.7 Å². The van der Waals surface area contributed by atoms with Crippen molar-refractivity contribution in [3.8, 4) is 10.6 Å². The molecule has 19 heavy (non-hydrogen) atoms. The van der Waals surface area contributed by atoms with Crippen LogP contribution in [-0.2, 0) is 4.74 Å². The number of nitrogens with zero attached hydrogens (tertiary/aromatic N) is 2. The van der Waals surface area contributed by atoms with Crippen LogP contribution in [0.5, 0.6) is 0 Å². The molecule has 0 aromatic carbocycles. The number of nitrogens with two attached hydrogens (primary N) is 1. The van der Waals surface area contributed by atoms with E-state index in [9.17, 15) is 0 Å². The Hall–Kier alpha value is -0.980. The number of anilines is 1. The molecule has 4 nitrogen and oxygen atoms in total. The first-order valence-corrected chi connectivity index (χ1v) is 8.18. The Bertz CT molecular complexity index is 570. The molecule has 0 aliphatic carbocycles. The predicted octanol–water partition coefficient (Wildman–Crippen LogP) is 3.82. The smallest absolute Gasteiger partial charge is 0.180 e. The fourth-order valence-corrected chi connectivity index (χ4v) is 4.12. The predicted molar refractivity (Wildman–Crippen MR) is 79.7 cm³/mol. The van der Waals surface area contributed by atoms with Gasteiger partial charge < -0.3 is 10.5 Å². The lowest BCUT2D eigenvalue weighted by molar-refractivity contribution is 0.111. The normalized spacial score (nSPS) is 19.4. The SMILES string of the molecule is CC(C)c1nc(C2CCCO2)sc1-c1csc(N)n1. The van der Waals surface area contributed by atoms with E-state index in [1.54, 1.807) is 11.3 Å². The summed E-state index contributed by atoms with van der Waals surface area (Å²) in [6, 6.07) is 0. The molecule has 2 N–H and O–H groups in total. The molecule has 0 bridgehead atoms. The monoisotopic (exact) mass is 295 g/mol. The molecule has 1 unspecified atom stereocenters. The molecule has 102 valence electrons. The zero-order chi connectivity index (χ0) is 13.4. The maximum Gasteiger partial charge on any atom is 0.180 e. The summed E-state index contributed by atoms with van der Waals surface area (Å²) >= 11 is 3.18. The van der Waals surface area contributed by atoms with Gasteiger partial charge >= 0.3 is 0 Å². The first-order chi connectivity index (χ1) is 9.15. The summed E-state index contributed by atoms with van der Waals surface area (Å²) in [4.78, 5) is 10.3. The van der Waals surface area contributed by atoms with Crippen molar-refractivity contribution in [3.63, 3.8) is 0 Å². The Labute approximate surface area is 120 Å². The van der Waals surface area contributed by atoms with Crippen molar-refractivity contribution < 1.29 is 4.74 Å². The van der Waals surface area contributed by atoms with E-state index < -0.39 is 0 Å². The molecule has 1 atom stereocenters. The second-order valence-electron chi connectivity index (χ2n) is 4.99. The number of hydrogen-bond donors (Lipinski definition) is 1. The van der Waals surface area contributed by atoms with E-state index in [-0.39, 0.29) is 6.10 Å². The van der Waals surface area contributed by atoms with E-state index in [4.69, 9.17) is 15.5 Å². The van der Waals surface area contributed by atoms with Crippen LogP contribution in [-0.4, -0.2) is 16.6 Å². The highest BCUT2D eigenvalue weighted by Crippen LogP contribution is 2.40. The van der Waals surface area contributed by atoms with Crippen LogP contribution in [0, 0.1) is 0 Å².